The van der Waals surface area contributed by atoms with Gasteiger partial charge in [0.15, 0.2) is 0 Å². The van der Waals surface area contributed by atoms with Gasteiger partial charge in [-0.3, -0.25) is 0 Å². The standard InChI is InChI=1S/C7H10.C6H10/c1-7-5-3-2-4-6-7;1-4-5-6(2)3/h2-5,7H,6H2,1H3;4-5H,1H2,2-3H3. The van der Waals surface area contributed by atoms with E-state index in [0.29, 0.717) is 0 Å². The summed E-state index contributed by atoms with van der Waals surface area (Å²) in [6, 6.07) is 0. The van der Waals surface area contributed by atoms with Crippen LogP contribution in [0.4, 0.5) is 0 Å². The van der Waals surface area contributed by atoms with Crippen LogP contribution in [0.3, 0.4) is 0 Å². The average molecular weight is 176 g/mol. The van der Waals surface area contributed by atoms with E-state index in [1.807, 2.05) is 19.9 Å². The van der Waals surface area contributed by atoms with Crippen LogP contribution in [0.15, 0.2) is 48.6 Å². The smallest absolute Gasteiger partial charge is 0.0224 e. The zero-order valence-corrected chi connectivity index (χ0v) is 8.96. The molecular weight excluding hydrogens is 156 g/mol. The van der Waals surface area contributed by atoms with Gasteiger partial charge in [0.2, 0.25) is 0 Å². The fourth-order valence-electron chi connectivity index (χ4n) is 0.940. The molecule has 0 heterocycles. The number of hydrogen-bond acceptors (Lipinski definition) is 0. The molecular formula is C13H20. The summed E-state index contributed by atoms with van der Waals surface area (Å²) in [5.74, 6) is 0.769. The molecule has 1 atom stereocenters. The molecule has 13 heavy (non-hydrogen) atoms. The molecule has 1 unspecified atom stereocenters. The lowest BCUT2D eigenvalue weighted by molar-refractivity contribution is 0.737. The molecule has 0 aromatic carbocycles. The van der Waals surface area contributed by atoms with Crippen molar-refractivity contribution in [3.63, 3.8) is 0 Å². The highest BCUT2D eigenvalue weighted by molar-refractivity contribution is 5.09. The molecule has 72 valence electrons. The largest absolute Gasteiger partial charge is 0.0991 e. The minimum atomic E-state index is 0.769. The van der Waals surface area contributed by atoms with Gasteiger partial charge in [0, 0.05) is 0 Å². The van der Waals surface area contributed by atoms with E-state index < -0.39 is 0 Å². The monoisotopic (exact) mass is 176 g/mol. The lowest BCUT2D eigenvalue weighted by atomic mass is 10.0. The first-order valence-corrected chi connectivity index (χ1v) is 4.76. The minimum absolute atomic E-state index is 0.769. The van der Waals surface area contributed by atoms with E-state index >= 15 is 0 Å². The first-order valence-electron chi connectivity index (χ1n) is 4.76. The van der Waals surface area contributed by atoms with Gasteiger partial charge in [0.25, 0.3) is 0 Å². The molecule has 1 rings (SSSR count). The molecule has 0 heteroatoms. The van der Waals surface area contributed by atoms with Crippen molar-refractivity contribution in [1.82, 2.24) is 0 Å². The molecule has 0 bridgehead atoms. The highest BCUT2D eigenvalue weighted by atomic mass is 14.0. The minimum Gasteiger partial charge on any atom is -0.0991 e. The van der Waals surface area contributed by atoms with Crippen LogP contribution in [0.25, 0.3) is 0 Å². The summed E-state index contributed by atoms with van der Waals surface area (Å²) in [7, 11) is 0. The maximum absolute atomic E-state index is 3.52. The Labute approximate surface area is 82.4 Å². The van der Waals surface area contributed by atoms with Crippen LogP contribution in [0.5, 0.6) is 0 Å². The predicted molar refractivity (Wildman–Crippen MR) is 61.7 cm³/mol. The Bertz CT molecular complexity index is 212. The summed E-state index contributed by atoms with van der Waals surface area (Å²) in [5, 5.41) is 0. The second-order valence-corrected chi connectivity index (χ2v) is 3.51. The molecule has 0 fully saturated rings. The molecule has 0 amide bonds. The third kappa shape index (κ3) is 8.87. The first kappa shape index (κ1) is 12.0. The summed E-state index contributed by atoms with van der Waals surface area (Å²) in [4.78, 5) is 0. The number of rotatable bonds is 1. The summed E-state index contributed by atoms with van der Waals surface area (Å²) < 4.78 is 0. The quantitative estimate of drug-likeness (QED) is 0.523. The fraction of sp³-hybridized carbons (Fsp3) is 0.385. The van der Waals surface area contributed by atoms with Gasteiger partial charge in [0.1, 0.15) is 0 Å². The molecule has 0 radical (unpaired) electrons. The molecule has 0 saturated carbocycles. The van der Waals surface area contributed by atoms with Crippen LogP contribution in [-0.2, 0) is 0 Å². The van der Waals surface area contributed by atoms with Crippen molar-refractivity contribution in [2.75, 3.05) is 0 Å². The van der Waals surface area contributed by atoms with Gasteiger partial charge in [-0.15, -0.1) is 0 Å². The van der Waals surface area contributed by atoms with Gasteiger partial charge in [-0.05, 0) is 26.2 Å². The Morgan fingerprint density at radius 1 is 1.38 bits per heavy atom. The van der Waals surface area contributed by atoms with Crippen LogP contribution in [-0.4, -0.2) is 0 Å². The lowest BCUT2D eigenvalue weighted by Gasteiger charge is -2.02. The van der Waals surface area contributed by atoms with E-state index in [1.165, 1.54) is 12.0 Å². The second kappa shape index (κ2) is 7.60. The predicted octanol–water partition coefficient (Wildman–Crippen LogP) is 4.28. The summed E-state index contributed by atoms with van der Waals surface area (Å²) in [6.45, 7) is 9.83. The van der Waals surface area contributed by atoms with Crippen LogP contribution in [0.1, 0.15) is 27.2 Å². The van der Waals surface area contributed by atoms with E-state index in [-0.39, 0.29) is 0 Å². The molecule has 0 aliphatic heterocycles. The average Bonchev–Trinajstić information content (AvgIpc) is 2.06. The second-order valence-electron chi connectivity index (χ2n) is 3.51. The number of hydrogen-bond donors (Lipinski definition) is 0. The molecule has 0 saturated heterocycles. The van der Waals surface area contributed by atoms with Crippen LogP contribution < -0.4 is 0 Å². The van der Waals surface area contributed by atoms with E-state index in [0.717, 1.165) is 5.92 Å². The van der Waals surface area contributed by atoms with E-state index in [9.17, 15) is 0 Å². The summed E-state index contributed by atoms with van der Waals surface area (Å²) in [5.41, 5.74) is 1.30. The zero-order valence-electron chi connectivity index (χ0n) is 8.96. The fourth-order valence-corrected chi connectivity index (χ4v) is 0.940. The molecule has 0 nitrogen and oxygen atoms in total. The Balaban J connectivity index is 0.000000226. The first-order chi connectivity index (χ1) is 6.16. The summed E-state index contributed by atoms with van der Waals surface area (Å²) in [6.07, 6.45) is 13.6. The van der Waals surface area contributed by atoms with Gasteiger partial charge in [0.05, 0.1) is 0 Å². The van der Waals surface area contributed by atoms with Gasteiger partial charge < -0.3 is 0 Å². The molecule has 0 aromatic rings. The Kier molecular flexibility index (Phi) is 6.99. The normalized spacial score (nSPS) is 18.5. The van der Waals surface area contributed by atoms with Gasteiger partial charge in [-0.2, -0.15) is 0 Å². The molecule has 0 aromatic heterocycles. The van der Waals surface area contributed by atoms with E-state index in [1.54, 1.807) is 6.08 Å². The van der Waals surface area contributed by atoms with Crippen molar-refractivity contribution in [3.8, 4) is 0 Å². The van der Waals surface area contributed by atoms with E-state index in [4.69, 9.17) is 0 Å². The molecule has 0 N–H and O–H groups in total. The van der Waals surface area contributed by atoms with Crippen molar-refractivity contribution in [3.05, 3.63) is 48.6 Å². The molecule has 1 aliphatic rings. The lowest BCUT2D eigenvalue weighted by Crippen LogP contribution is -1.87. The van der Waals surface area contributed by atoms with Crippen molar-refractivity contribution < 1.29 is 0 Å². The topological polar surface area (TPSA) is 0 Å². The van der Waals surface area contributed by atoms with Crippen molar-refractivity contribution in [1.29, 1.82) is 0 Å². The summed E-state index contributed by atoms with van der Waals surface area (Å²) >= 11 is 0. The highest BCUT2D eigenvalue weighted by Gasteiger charge is 1.93. The third-order valence-electron chi connectivity index (χ3n) is 1.65. The van der Waals surface area contributed by atoms with Gasteiger partial charge in [-0.1, -0.05) is 55.5 Å². The maximum Gasteiger partial charge on any atom is -0.0224 e. The zero-order chi connectivity index (χ0) is 10.1. The molecule has 1 aliphatic carbocycles. The molecule has 0 spiro atoms. The van der Waals surface area contributed by atoms with Gasteiger partial charge in [-0.25, -0.2) is 0 Å². The Hall–Kier alpha value is -1.04. The Morgan fingerprint density at radius 3 is 2.23 bits per heavy atom. The van der Waals surface area contributed by atoms with Crippen LogP contribution in [0.2, 0.25) is 0 Å². The SMILES string of the molecule is C=CC=C(C)C.CC1C=CC=CC1. The van der Waals surface area contributed by atoms with Crippen molar-refractivity contribution >= 4 is 0 Å². The van der Waals surface area contributed by atoms with E-state index in [2.05, 4.69) is 37.8 Å². The Morgan fingerprint density at radius 2 is 2.08 bits per heavy atom. The van der Waals surface area contributed by atoms with Crippen LogP contribution in [0, 0.1) is 5.92 Å². The maximum atomic E-state index is 3.52. The van der Waals surface area contributed by atoms with Crippen molar-refractivity contribution in [2.45, 2.75) is 27.2 Å². The van der Waals surface area contributed by atoms with Crippen molar-refractivity contribution in [2.24, 2.45) is 5.92 Å². The van der Waals surface area contributed by atoms with Gasteiger partial charge >= 0.3 is 0 Å². The number of allylic oxidation sites excluding steroid dienone is 7. The third-order valence-corrected chi connectivity index (χ3v) is 1.65. The van der Waals surface area contributed by atoms with Crippen LogP contribution >= 0.6 is 0 Å². The highest BCUT2D eigenvalue weighted by Crippen LogP contribution is 2.08.